The molecule has 0 aliphatic carbocycles. The van der Waals surface area contributed by atoms with Crippen LogP contribution in [0.5, 0.6) is 0 Å². The number of nitrogens with zero attached hydrogens (tertiary/aromatic N) is 2. The van der Waals surface area contributed by atoms with Crippen molar-refractivity contribution < 1.29 is 13.2 Å². The average molecular weight is 405 g/mol. The molecule has 2 aromatic heterocycles. The average Bonchev–Trinajstić information content (AvgIpc) is 3.32. The molecule has 9 heteroatoms. The molecule has 1 amide bonds. The maximum atomic E-state index is 12.7. The van der Waals surface area contributed by atoms with Gasteiger partial charge in [-0.15, -0.1) is 11.3 Å². The Labute approximate surface area is 162 Å². The summed E-state index contributed by atoms with van der Waals surface area (Å²) in [4.78, 5) is 12.6. The molecule has 0 radical (unpaired) electrons. The van der Waals surface area contributed by atoms with Gasteiger partial charge in [-0.05, 0) is 43.0 Å². The highest BCUT2D eigenvalue weighted by atomic mass is 32.2. The van der Waals surface area contributed by atoms with Crippen molar-refractivity contribution >= 4 is 33.0 Å². The van der Waals surface area contributed by atoms with E-state index in [2.05, 4.69) is 15.1 Å². The Kier molecular flexibility index (Phi) is 5.92. The lowest BCUT2D eigenvalue weighted by atomic mass is 10.2. The Hall–Kier alpha value is -2.65. The Bertz CT molecular complexity index is 994. The topological polar surface area (TPSA) is 93.1 Å². The highest BCUT2D eigenvalue weighted by Crippen LogP contribution is 2.24. The van der Waals surface area contributed by atoms with Crippen LogP contribution in [-0.2, 0) is 16.6 Å². The van der Waals surface area contributed by atoms with Crippen molar-refractivity contribution in [3.8, 4) is 0 Å². The van der Waals surface area contributed by atoms with E-state index < -0.39 is 15.9 Å². The number of carbonyl (C=O) groups is 1. The van der Waals surface area contributed by atoms with E-state index >= 15 is 0 Å². The first-order chi connectivity index (χ1) is 13.0. The summed E-state index contributed by atoms with van der Waals surface area (Å²) in [6.45, 7) is 3.03. The van der Waals surface area contributed by atoms with Gasteiger partial charge < -0.3 is 5.32 Å². The first kappa shape index (κ1) is 19.1. The minimum Gasteiger partial charge on any atom is -0.351 e. The van der Waals surface area contributed by atoms with Gasteiger partial charge in [0.25, 0.3) is 15.9 Å². The number of carbonyl (C=O) groups excluding carboxylic acids is 1. The standard InChI is InChI=1S/C18H20N4O3S2/c1-14-4-6-15(7-5-14)21-27(24,25)16-8-13-26-17(16)18(23)19-9-2-11-22-12-3-10-20-22/h3-8,10,12-13,21H,2,9,11H2,1H3,(H,19,23). The minimum atomic E-state index is -3.84. The Morgan fingerprint density at radius 1 is 1.22 bits per heavy atom. The minimum absolute atomic E-state index is 0.0161. The second-order valence-electron chi connectivity index (χ2n) is 5.96. The number of sulfonamides is 1. The third-order valence-corrected chi connectivity index (χ3v) is 6.30. The van der Waals surface area contributed by atoms with Crippen molar-refractivity contribution in [2.45, 2.75) is 24.8 Å². The van der Waals surface area contributed by atoms with Crippen molar-refractivity contribution in [2.24, 2.45) is 0 Å². The smallest absolute Gasteiger partial charge is 0.263 e. The van der Waals surface area contributed by atoms with E-state index in [0.717, 1.165) is 16.9 Å². The quantitative estimate of drug-likeness (QED) is 0.565. The fourth-order valence-electron chi connectivity index (χ4n) is 2.46. The highest BCUT2D eigenvalue weighted by molar-refractivity contribution is 7.93. The van der Waals surface area contributed by atoms with Gasteiger partial charge in [0.1, 0.15) is 9.77 Å². The molecule has 27 heavy (non-hydrogen) atoms. The van der Waals surface area contributed by atoms with E-state index in [1.807, 2.05) is 31.3 Å². The molecule has 0 spiro atoms. The second-order valence-corrected chi connectivity index (χ2v) is 8.53. The van der Waals surface area contributed by atoms with Gasteiger partial charge in [-0.1, -0.05) is 17.7 Å². The summed E-state index contributed by atoms with van der Waals surface area (Å²) in [5.74, 6) is -0.394. The van der Waals surface area contributed by atoms with Crippen LogP contribution in [0.3, 0.4) is 0 Å². The molecule has 0 saturated carbocycles. The summed E-state index contributed by atoms with van der Waals surface area (Å²) in [6.07, 6.45) is 4.24. The van der Waals surface area contributed by atoms with Crippen LogP contribution in [0.15, 0.2) is 59.1 Å². The summed E-state index contributed by atoms with van der Waals surface area (Å²) in [6, 6.07) is 10.3. The zero-order chi connectivity index (χ0) is 19.3. The highest BCUT2D eigenvalue weighted by Gasteiger charge is 2.24. The number of anilines is 1. The van der Waals surface area contributed by atoms with Crippen LogP contribution in [0.4, 0.5) is 5.69 Å². The Balaban J connectivity index is 1.63. The SMILES string of the molecule is Cc1ccc(NS(=O)(=O)c2ccsc2C(=O)NCCCn2cccn2)cc1. The number of aromatic nitrogens is 2. The number of aryl methyl sites for hydroxylation is 2. The van der Waals surface area contributed by atoms with E-state index in [4.69, 9.17) is 0 Å². The zero-order valence-corrected chi connectivity index (χ0v) is 16.4. The van der Waals surface area contributed by atoms with E-state index in [9.17, 15) is 13.2 Å². The normalized spacial score (nSPS) is 11.3. The third kappa shape index (κ3) is 4.95. The maximum absolute atomic E-state index is 12.7. The third-order valence-electron chi connectivity index (χ3n) is 3.84. The molecule has 0 saturated heterocycles. The second kappa shape index (κ2) is 8.36. The van der Waals surface area contributed by atoms with Crippen LogP contribution in [0.25, 0.3) is 0 Å². The summed E-state index contributed by atoms with van der Waals surface area (Å²) < 4.78 is 29.6. The summed E-state index contributed by atoms with van der Waals surface area (Å²) in [5, 5.41) is 8.46. The van der Waals surface area contributed by atoms with Gasteiger partial charge in [0.15, 0.2) is 0 Å². The van der Waals surface area contributed by atoms with Gasteiger partial charge in [0, 0.05) is 31.2 Å². The molecule has 0 aliphatic rings. The molecular weight excluding hydrogens is 384 g/mol. The Morgan fingerprint density at radius 2 is 2.00 bits per heavy atom. The molecule has 3 aromatic rings. The van der Waals surface area contributed by atoms with Crippen LogP contribution in [0.2, 0.25) is 0 Å². The van der Waals surface area contributed by atoms with Crippen molar-refractivity contribution in [2.75, 3.05) is 11.3 Å². The van der Waals surface area contributed by atoms with Gasteiger partial charge >= 0.3 is 0 Å². The number of benzene rings is 1. The molecule has 0 unspecified atom stereocenters. The van der Waals surface area contributed by atoms with Crippen molar-refractivity contribution in [1.82, 2.24) is 15.1 Å². The van der Waals surface area contributed by atoms with Crippen LogP contribution in [0.1, 0.15) is 21.7 Å². The van der Waals surface area contributed by atoms with Crippen molar-refractivity contribution in [3.05, 3.63) is 64.6 Å². The van der Waals surface area contributed by atoms with Gasteiger partial charge in [-0.2, -0.15) is 5.10 Å². The number of rotatable bonds is 8. The molecule has 142 valence electrons. The summed E-state index contributed by atoms with van der Waals surface area (Å²) >= 11 is 1.10. The van der Waals surface area contributed by atoms with Gasteiger partial charge in [0.05, 0.1) is 0 Å². The van der Waals surface area contributed by atoms with Crippen LogP contribution in [-0.4, -0.2) is 30.7 Å². The molecule has 0 bridgehead atoms. The fraction of sp³-hybridized carbons (Fsp3) is 0.222. The number of amides is 1. The molecule has 1 aromatic carbocycles. The van der Waals surface area contributed by atoms with E-state index in [1.165, 1.54) is 6.07 Å². The molecule has 2 N–H and O–H groups in total. The predicted molar refractivity (Wildman–Crippen MR) is 105 cm³/mol. The van der Waals surface area contributed by atoms with Crippen LogP contribution in [0, 0.1) is 6.92 Å². The first-order valence-corrected chi connectivity index (χ1v) is 10.7. The first-order valence-electron chi connectivity index (χ1n) is 8.38. The molecular formula is C18H20N4O3S2. The number of hydrogen-bond acceptors (Lipinski definition) is 5. The lowest BCUT2D eigenvalue weighted by Gasteiger charge is -2.10. The monoisotopic (exact) mass is 404 g/mol. The van der Waals surface area contributed by atoms with E-state index in [1.54, 1.807) is 28.4 Å². The lowest BCUT2D eigenvalue weighted by molar-refractivity contribution is 0.0953. The van der Waals surface area contributed by atoms with Crippen molar-refractivity contribution in [3.63, 3.8) is 0 Å². The summed E-state index contributed by atoms with van der Waals surface area (Å²) in [5.41, 5.74) is 1.49. The molecule has 0 atom stereocenters. The fourth-order valence-corrected chi connectivity index (χ4v) is 4.87. The number of hydrogen-bond donors (Lipinski definition) is 2. The number of thiophene rings is 1. The van der Waals surface area contributed by atoms with E-state index in [-0.39, 0.29) is 9.77 Å². The largest absolute Gasteiger partial charge is 0.351 e. The van der Waals surface area contributed by atoms with Gasteiger partial charge in [0.2, 0.25) is 0 Å². The molecule has 0 aliphatic heterocycles. The van der Waals surface area contributed by atoms with Gasteiger partial charge in [-0.25, -0.2) is 8.42 Å². The number of nitrogens with one attached hydrogen (secondary N) is 2. The van der Waals surface area contributed by atoms with E-state index in [0.29, 0.717) is 25.2 Å². The van der Waals surface area contributed by atoms with Crippen LogP contribution < -0.4 is 10.0 Å². The predicted octanol–water partition coefficient (Wildman–Crippen LogP) is 2.87. The molecule has 2 heterocycles. The molecule has 0 fully saturated rings. The van der Waals surface area contributed by atoms with Gasteiger partial charge in [-0.3, -0.25) is 14.2 Å². The molecule has 3 rings (SSSR count). The van der Waals surface area contributed by atoms with Crippen LogP contribution >= 0.6 is 11.3 Å². The maximum Gasteiger partial charge on any atom is 0.263 e. The lowest BCUT2D eigenvalue weighted by Crippen LogP contribution is -2.26. The van der Waals surface area contributed by atoms with Crippen molar-refractivity contribution in [1.29, 1.82) is 0 Å². The molecule has 7 nitrogen and oxygen atoms in total. The zero-order valence-electron chi connectivity index (χ0n) is 14.8. The Morgan fingerprint density at radius 3 is 2.70 bits per heavy atom. The summed E-state index contributed by atoms with van der Waals surface area (Å²) in [7, 11) is -3.84.